The molecule has 0 spiro atoms. The Balaban J connectivity index is 2.56. The Kier molecular flexibility index (Phi) is 5.57. The molecule has 0 aromatic rings. The summed E-state index contributed by atoms with van der Waals surface area (Å²) >= 11 is 0. The molecule has 19 heavy (non-hydrogen) atoms. The lowest BCUT2D eigenvalue weighted by Gasteiger charge is -2.19. The van der Waals surface area contributed by atoms with Gasteiger partial charge in [0.2, 0.25) is 0 Å². The molecule has 0 amide bonds. The number of rotatable bonds is 7. The zero-order chi connectivity index (χ0) is 14.6. The van der Waals surface area contributed by atoms with Crippen molar-refractivity contribution in [1.82, 2.24) is 0 Å². The Hall–Kier alpha value is -0.860. The van der Waals surface area contributed by atoms with Gasteiger partial charge in [-0.1, -0.05) is 20.3 Å². The first kappa shape index (κ1) is 16.2. The average molecular weight is 268 g/mol. The number of hydrogen-bond donors (Lipinski definition) is 0. The monoisotopic (exact) mass is 268 g/mol. The molecule has 0 heterocycles. The van der Waals surface area contributed by atoms with Crippen molar-refractivity contribution in [3.05, 3.63) is 0 Å². The second kappa shape index (κ2) is 6.53. The van der Waals surface area contributed by atoms with E-state index in [9.17, 15) is 9.59 Å². The van der Waals surface area contributed by atoms with Crippen LogP contribution in [0.2, 0.25) is 0 Å². The van der Waals surface area contributed by atoms with Crippen LogP contribution in [0.4, 0.5) is 0 Å². The Morgan fingerprint density at radius 3 is 2.16 bits per heavy atom. The molecule has 0 saturated heterocycles. The van der Waals surface area contributed by atoms with Crippen molar-refractivity contribution in [1.29, 1.82) is 0 Å². The predicted molar refractivity (Wildman–Crippen MR) is 75.8 cm³/mol. The molecule has 0 radical (unpaired) electrons. The second-order valence-electron chi connectivity index (χ2n) is 6.67. The Morgan fingerprint density at radius 2 is 1.68 bits per heavy atom. The number of carbonyl (C=O) groups excluding carboxylic acids is 2. The van der Waals surface area contributed by atoms with E-state index in [-0.39, 0.29) is 17.8 Å². The summed E-state index contributed by atoms with van der Waals surface area (Å²) in [5.74, 6) is 0.731. The molecule has 1 fully saturated rings. The maximum atomic E-state index is 12.1. The molecule has 0 aromatic carbocycles. The van der Waals surface area contributed by atoms with Crippen molar-refractivity contribution in [2.75, 3.05) is 0 Å². The Labute approximate surface area is 117 Å². The minimum atomic E-state index is -0.436. The van der Waals surface area contributed by atoms with Crippen LogP contribution >= 0.6 is 0 Å². The lowest BCUT2D eigenvalue weighted by molar-refractivity contribution is -0.157. The third kappa shape index (κ3) is 4.96. The molecule has 3 atom stereocenters. The van der Waals surface area contributed by atoms with Crippen LogP contribution in [0.15, 0.2) is 0 Å². The van der Waals surface area contributed by atoms with Crippen molar-refractivity contribution in [2.24, 2.45) is 17.8 Å². The standard InChI is InChI=1S/C16H28O3/c1-6-8-11(17)10-13-12(9-7-2)14(13)15(18)19-16(3,4)5/h12-14H,6-10H2,1-5H3. The number of ether oxygens (including phenoxy) is 1. The van der Waals surface area contributed by atoms with E-state index in [0.29, 0.717) is 24.5 Å². The van der Waals surface area contributed by atoms with Gasteiger partial charge in [0.25, 0.3) is 0 Å². The van der Waals surface area contributed by atoms with E-state index in [0.717, 1.165) is 19.3 Å². The van der Waals surface area contributed by atoms with Gasteiger partial charge in [-0.15, -0.1) is 0 Å². The van der Waals surface area contributed by atoms with Gasteiger partial charge in [0, 0.05) is 12.8 Å². The molecule has 0 aromatic heterocycles. The van der Waals surface area contributed by atoms with Gasteiger partial charge in [0.1, 0.15) is 11.4 Å². The molecule has 3 unspecified atom stereocenters. The number of esters is 1. The third-order valence-corrected chi connectivity index (χ3v) is 3.62. The fourth-order valence-corrected chi connectivity index (χ4v) is 2.81. The molecule has 3 heteroatoms. The van der Waals surface area contributed by atoms with E-state index in [4.69, 9.17) is 4.74 Å². The van der Waals surface area contributed by atoms with Crippen LogP contribution in [0.1, 0.15) is 66.7 Å². The van der Waals surface area contributed by atoms with Gasteiger partial charge in [-0.2, -0.15) is 0 Å². The predicted octanol–water partition coefficient (Wildman–Crippen LogP) is 3.75. The summed E-state index contributed by atoms with van der Waals surface area (Å²) < 4.78 is 5.46. The molecule has 3 nitrogen and oxygen atoms in total. The van der Waals surface area contributed by atoms with Crippen molar-refractivity contribution in [3.63, 3.8) is 0 Å². The number of hydrogen-bond acceptors (Lipinski definition) is 3. The molecule has 1 saturated carbocycles. The molecular formula is C16H28O3. The van der Waals surface area contributed by atoms with Crippen molar-refractivity contribution in [3.8, 4) is 0 Å². The van der Waals surface area contributed by atoms with Gasteiger partial charge in [-0.05, 0) is 45.4 Å². The Morgan fingerprint density at radius 1 is 1.05 bits per heavy atom. The van der Waals surface area contributed by atoms with Crippen LogP contribution in [-0.2, 0) is 14.3 Å². The quantitative estimate of drug-likeness (QED) is 0.660. The molecule has 0 N–H and O–H groups in total. The van der Waals surface area contributed by atoms with Crippen LogP contribution in [-0.4, -0.2) is 17.4 Å². The molecular weight excluding hydrogens is 240 g/mol. The van der Waals surface area contributed by atoms with Crippen LogP contribution in [0.3, 0.4) is 0 Å². The number of Topliss-reactive ketones (excluding diaryl/α,β-unsaturated/α-hetero) is 1. The fraction of sp³-hybridized carbons (Fsp3) is 0.875. The highest BCUT2D eigenvalue weighted by Crippen LogP contribution is 2.52. The molecule has 1 aliphatic rings. The molecule has 110 valence electrons. The summed E-state index contributed by atoms with van der Waals surface area (Å²) in [5.41, 5.74) is -0.436. The van der Waals surface area contributed by atoms with Crippen LogP contribution < -0.4 is 0 Å². The molecule has 0 bridgehead atoms. The van der Waals surface area contributed by atoms with Gasteiger partial charge in [-0.25, -0.2) is 0 Å². The van der Waals surface area contributed by atoms with E-state index >= 15 is 0 Å². The van der Waals surface area contributed by atoms with E-state index in [1.54, 1.807) is 0 Å². The minimum absolute atomic E-state index is 0.0417. The zero-order valence-corrected chi connectivity index (χ0v) is 13.0. The largest absolute Gasteiger partial charge is 0.460 e. The highest BCUT2D eigenvalue weighted by molar-refractivity contribution is 5.82. The van der Waals surface area contributed by atoms with E-state index < -0.39 is 5.60 Å². The van der Waals surface area contributed by atoms with Gasteiger partial charge < -0.3 is 4.74 Å². The summed E-state index contributed by atoms with van der Waals surface area (Å²) in [6.45, 7) is 9.80. The summed E-state index contributed by atoms with van der Waals surface area (Å²) in [5, 5.41) is 0. The smallest absolute Gasteiger partial charge is 0.310 e. The highest BCUT2D eigenvalue weighted by atomic mass is 16.6. The molecule has 0 aliphatic heterocycles. The van der Waals surface area contributed by atoms with Gasteiger partial charge in [-0.3, -0.25) is 9.59 Å². The van der Waals surface area contributed by atoms with E-state index in [1.165, 1.54) is 0 Å². The van der Waals surface area contributed by atoms with Gasteiger partial charge in [0.15, 0.2) is 0 Å². The van der Waals surface area contributed by atoms with Gasteiger partial charge in [0.05, 0.1) is 5.92 Å². The maximum absolute atomic E-state index is 12.1. The topological polar surface area (TPSA) is 43.4 Å². The number of carbonyl (C=O) groups is 2. The fourth-order valence-electron chi connectivity index (χ4n) is 2.81. The first-order valence-electron chi connectivity index (χ1n) is 7.54. The lowest BCUT2D eigenvalue weighted by atomic mass is 10.1. The normalized spacial score (nSPS) is 26.1. The summed E-state index contributed by atoms with van der Waals surface area (Å²) in [6, 6.07) is 0. The highest BCUT2D eigenvalue weighted by Gasteiger charge is 2.55. The second-order valence-corrected chi connectivity index (χ2v) is 6.67. The molecule has 1 rings (SSSR count). The summed E-state index contributed by atoms with van der Waals surface area (Å²) in [4.78, 5) is 23.9. The van der Waals surface area contributed by atoms with Crippen molar-refractivity contribution >= 4 is 11.8 Å². The summed E-state index contributed by atoms with van der Waals surface area (Å²) in [6.07, 6.45) is 4.16. The van der Waals surface area contributed by atoms with Crippen LogP contribution in [0.25, 0.3) is 0 Å². The van der Waals surface area contributed by atoms with Crippen LogP contribution in [0, 0.1) is 17.8 Å². The Bertz CT molecular complexity index is 327. The van der Waals surface area contributed by atoms with Gasteiger partial charge >= 0.3 is 5.97 Å². The first-order chi connectivity index (χ1) is 8.80. The lowest BCUT2D eigenvalue weighted by Crippen LogP contribution is -2.25. The molecule has 1 aliphatic carbocycles. The van der Waals surface area contributed by atoms with Crippen LogP contribution in [0.5, 0.6) is 0 Å². The number of ketones is 1. The maximum Gasteiger partial charge on any atom is 0.310 e. The van der Waals surface area contributed by atoms with E-state index in [1.807, 2.05) is 27.7 Å². The van der Waals surface area contributed by atoms with Crippen molar-refractivity contribution < 1.29 is 14.3 Å². The van der Waals surface area contributed by atoms with Crippen molar-refractivity contribution in [2.45, 2.75) is 72.3 Å². The minimum Gasteiger partial charge on any atom is -0.460 e. The van der Waals surface area contributed by atoms with E-state index in [2.05, 4.69) is 6.92 Å². The summed E-state index contributed by atoms with van der Waals surface area (Å²) in [7, 11) is 0. The SMILES string of the molecule is CCCC(=O)CC1C(CCC)C1C(=O)OC(C)(C)C. The average Bonchev–Trinajstić information content (AvgIpc) is 2.89. The first-order valence-corrected chi connectivity index (χ1v) is 7.54. The third-order valence-electron chi connectivity index (χ3n) is 3.62. The zero-order valence-electron chi connectivity index (χ0n) is 13.0.